The van der Waals surface area contributed by atoms with Gasteiger partial charge in [-0.2, -0.15) is 0 Å². The van der Waals surface area contributed by atoms with E-state index in [9.17, 15) is 22.0 Å². The Hall–Kier alpha value is -1.30. The summed E-state index contributed by atoms with van der Waals surface area (Å²) in [6.45, 7) is 0. The Balaban J connectivity index is 3.23. The molecule has 0 aliphatic carbocycles. The van der Waals surface area contributed by atoms with Crippen molar-refractivity contribution >= 4 is 16.1 Å². The lowest BCUT2D eigenvalue weighted by molar-refractivity contribution is -0.107. The molecular formula is C10H10F2O3S. The summed E-state index contributed by atoms with van der Waals surface area (Å²) < 4.78 is 48.8. The maximum atomic E-state index is 13.3. The lowest BCUT2D eigenvalue weighted by Gasteiger charge is -2.05. The summed E-state index contributed by atoms with van der Waals surface area (Å²) in [5.74, 6) is -2.24. The van der Waals surface area contributed by atoms with Gasteiger partial charge in [-0.25, -0.2) is 17.2 Å². The predicted octanol–water partition coefficient (Wildman–Crippen LogP) is 1.50. The number of benzene rings is 1. The summed E-state index contributed by atoms with van der Waals surface area (Å²) >= 11 is 0. The fraction of sp³-hybridized carbons (Fsp3) is 0.300. The number of halogens is 2. The van der Waals surface area contributed by atoms with Crippen molar-refractivity contribution in [2.75, 3.05) is 6.26 Å². The van der Waals surface area contributed by atoms with E-state index in [2.05, 4.69) is 0 Å². The van der Waals surface area contributed by atoms with Crippen molar-refractivity contribution in [3.63, 3.8) is 0 Å². The second-order valence-corrected chi connectivity index (χ2v) is 5.32. The molecule has 0 spiro atoms. The van der Waals surface area contributed by atoms with Crippen molar-refractivity contribution in [3.8, 4) is 0 Å². The van der Waals surface area contributed by atoms with Crippen LogP contribution in [-0.4, -0.2) is 21.0 Å². The standard InChI is InChI=1S/C10H10F2O3S/c1-16(14,15)10-8(11)5-7(3-2-4-13)6-9(10)12/h4-6H,2-3H2,1H3. The second kappa shape index (κ2) is 4.69. The summed E-state index contributed by atoms with van der Waals surface area (Å²) in [4.78, 5) is 9.16. The lowest BCUT2D eigenvalue weighted by Crippen LogP contribution is -2.05. The number of carbonyl (C=O) groups is 1. The number of carbonyl (C=O) groups excluding carboxylic acids is 1. The van der Waals surface area contributed by atoms with E-state index >= 15 is 0 Å². The molecule has 0 saturated carbocycles. The van der Waals surface area contributed by atoms with Crippen LogP contribution in [0, 0.1) is 11.6 Å². The van der Waals surface area contributed by atoms with E-state index in [1.807, 2.05) is 0 Å². The van der Waals surface area contributed by atoms with Crippen molar-refractivity contribution in [2.45, 2.75) is 17.7 Å². The van der Waals surface area contributed by atoms with Crippen LogP contribution in [0.1, 0.15) is 12.0 Å². The van der Waals surface area contributed by atoms with Crippen LogP contribution >= 0.6 is 0 Å². The molecule has 1 aromatic carbocycles. The van der Waals surface area contributed by atoms with Gasteiger partial charge in [-0.1, -0.05) is 0 Å². The zero-order valence-corrected chi connectivity index (χ0v) is 9.35. The number of aldehydes is 1. The van der Waals surface area contributed by atoms with E-state index in [-0.39, 0.29) is 18.4 Å². The summed E-state index contributed by atoms with van der Waals surface area (Å²) in [5, 5.41) is 0. The summed E-state index contributed by atoms with van der Waals surface area (Å²) in [6, 6.07) is 1.87. The van der Waals surface area contributed by atoms with E-state index in [4.69, 9.17) is 0 Å². The molecule has 0 unspecified atom stereocenters. The van der Waals surface area contributed by atoms with Crippen LogP contribution in [0.4, 0.5) is 8.78 Å². The quantitative estimate of drug-likeness (QED) is 0.759. The molecule has 0 saturated heterocycles. The van der Waals surface area contributed by atoms with Gasteiger partial charge in [0.05, 0.1) is 0 Å². The molecular weight excluding hydrogens is 238 g/mol. The Morgan fingerprint density at radius 1 is 1.25 bits per heavy atom. The Morgan fingerprint density at radius 3 is 2.12 bits per heavy atom. The highest BCUT2D eigenvalue weighted by Gasteiger charge is 2.20. The van der Waals surface area contributed by atoms with Crippen molar-refractivity contribution in [2.24, 2.45) is 0 Å². The van der Waals surface area contributed by atoms with E-state index in [0.717, 1.165) is 18.4 Å². The molecule has 0 heterocycles. The van der Waals surface area contributed by atoms with Crippen LogP contribution in [0.3, 0.4) is 0 Å². The normalized spacial score (nSPS) is 11.4. The highest BCUT2D eigenvalue weighted by atomic mass is 32.2. The summed E-state index contributed by atoms with van der Waals surface area (Å²) in [6.07, 6.45) is 1.68. The molecule has 88 valence electrons. The molecule has 1 aromatic rings. The highest BCUT2D eigenvalue weighted by molar-refractivity contribution is 7.90. The Labute approximate surface area is 92.0 Å². The van der Waals surface area contributed by atoms with Gasteiger partial charge in [-0.15, -0.1) is 0 Å². The van der Waals surface area contributed by atoms with E-state index in [0.29, 0.717) is 6.29 Å². The van der Waals surface area contributed by atoms with Gasteiger partial charge in [-0.05, 0) is 24.1 Å². The molecule has 1 rings (SSSR count). The molecule has 0 radical (unpaired) electrons. The molecule has 3 nitrogen and oxygen atoms in total. The van der Waals surface area contributed by atoms with Crippen LogP contribution < -0.4 is 0 Å². The molecule has 0 N–H and O–H groups in total. The van der Waals surface area contributed by atoms with Crippen molar-refractivity contribution < 1.29 is 22.0 Å². The molecule has 0 aliphatic heterocycles. The van der Waals surface area contributed by atoms with Crippen molar-refractivity contribution in [1.82, 2.24) is 0 Å². The van der Waals surface area contributed by atoms with Gasteiger partial charge in [0.25, 0.3) is 0 Å². The first-order valence-corrected chi connectivity index (χ1v) is 6.37. The molecule has 0 bridgehead atoms. The third-order valence-electron chi connectivity index (χ3n) is 1.98. The highest BCUT2D eigenvalue weighted by Crippen LogP contribution is 2.21. The fourth-order valence-electron chi connectivity index (χ4n) is 1.34. The van der Waals surface area contributed by atoms with E-state index in [1.165, 1.54) is 0 Å². The molecule has 0 fully saturated rings. The lowest BCUT2D eigenvalue weighted by atomic mass is 10.1. The van der Waals surface area contributed by atoms with Crippen LogP contribution in [0.25, 0.3) is 0 Å². The van der Waals surface area contributed by atoms with Gasteiger partial charge < -0.3 is 4.79 Å². The average Bonchev–Trinajstić information content (AvgIpc) is 2.11. The maximum Gasteiger partial charge on any atom is 0.181 e. The predicted molar refractivity (Wildman–Crippen MR) is 53.9 cm³/mol. The smallest absolute Gasteiger partial charge is 0.181 e. The third-order valence-corrected chi connectivity index (χ3v) is 3.11. The van der Waals surface area contributed by atoms with Crippen molar-refractivity contribution in [3.05, 3.63) is 29.3 Å². The zero-order chi connectivity index (χ0) is 12.3. The number of sulfone groups is 1. The first-order chi connectivity index (χ1) is 7.36. The monoisotopic (exact) mass is 248 g/mol. The Bertz CT molecular complexity index is 486. The van der Waals surface area contributed by atoms with E-state index in [1.54, 1.807) is 0 Å². The summed E-state index contributed by atoms with van der Waals surface area (Å²) in [5.41, 5.74) is 0.259. The molecule has 16 heavy (non-hydrogen) atoms. The van der Waals surface area contributed by atoms with Crippen molar-refractivity contribution in [1.29, 1.82) is 0 Å². The minimum Gasteiger partial charge on any atom is -0.303 e. The van der Waals surface area contributed by atoms with Gasteiger partial charge in [0, 0.05) is 12.7 Å². The van der Waals surface area contributed by atoms with Crippen LogP contribution in [-0.2, 0) is 21.1 Å². The molecule has 0 amide bonds. The third kappa shape index (κ3) is 2.85. The minimum atomic E-state index is -3.92. The number of hydrogen-bond donors (Lipinski definition) is 0. The molecule has 0 atom stereocenters. The van der Waals surface area contributed by atoms with Gasteiger partial charge >= 0.3 is 0 Å². The van der Waals surface area contributed by atoms with E-state index < -0.39 is 26.4 Å². The molecule has 6 heteroatoms. The van der Waals surface area contributed by atoms with Crippen LogP contribution in [0.5, 0.6) is 0 Å². The van der Waals surface area contributed by atoms with Gasteiger partial charge in [0.15, 0.2) is 9.84 Å². The number of aryl methyl sites for hydroxylation is 1. The topological polar surface area (TPSA) is 51.2 Å². The fourth-order valence-corrected chi connectivity index (χ4v) is 2.16. The van der Waals surface area contributed by atoms with Gasteiger partial charge in [0.2, 0.25) is 0 Å². The van der Waals surface area contributed by atoms with Crippen LogP contribution in [0.2, 0.25) is 0 Å². The molecule has 0 aliphatic rings. The maximum absolute atomic E-state index is 13.3. The molecule has 0 aromatic heterocycles. The number of rotatable bonds is 4. The Kier molecular flexibility index (Phi) is 3.74. The zero-order valence-electron chi connectivity index (χ0n) is 8.54. The largest absolute Gasteiger partial charge is 0.303 e. The Morgan fingerprint density at radius 2 is 1.75 bits per heavy atom. The first kappa shape index (κ1) is 12.8. The van der Waals surface area contributed by atoms with Gasteiger partial charge in [-0.3, -0.25) is 0 Å². The minimum absolute atomic E-state index is 0.136. The first-order valence-electron chi connectivity index (χ1n) is 4.48. The second-order valence-electron chi connectivity index (χ2n) is 3.37. The summed E-state index contributed by atoms with van der Waals surface area (Å²) in [7, 11) is -3.92. The number of hydrogen-bond acceptors (Lipinski definition) is 3. The van der Waals surface area contributed by atoms with Gasteiger partial charge in [0.1, 0.15) is 22.8 Å². The SMILES string of the molecule is CS(=O)(=O)c1c(F)cc(CCC=O)cc1F. The van der Waals surface area contributed by atoms with Crippen LogP contribution in [0.15, 0.2) is 17.0 Å². The average molecular weight is 248 g/mol.